The molecule has 0 amide bonds. The molecule has 23 heavy (non-hydrogen) atoms. The van der Waals surface area contributed by atoms with Crippen molar-refractivity contribution in [2.24, 2.45) is 11.0 Å². The van der Waals surface area contributed by atoms with Gasteiger partial charge in [-0.2, -0.15) is 5.10 Å². The summed E-state index contributed by atoms with van der Waals surface area (Å²) in [7, 11) is 1.64. The zero-order chi connectivity index (χ0) is 16.7. The highest BCUT2D eigenvalue weighted by molar-refractivity contribution is 7.13. The zero-order valence-corrected chi connectivity index (χ0v) is 14.8. The average Bonchev–Trinajstić information content (AvgIpc) is 2.93. The predicted molar refractivity (Wildman–Crippen MR) is 96.0 cm³/mol. The largest absolute Gasteiger partial charge is 0.493 e. The highest BCUT2D eigenvalue weighted by atomic mass is 32.1. The van der Waals surface area contributed by atoms with E-state index in [0.29, 0.717) is 18.3 Å². The summed E-state index contributed by atoms with van der Waals surface area (Å²) in [6.45, 7) is 6.95. The number of methoxy groups -OCH3 is 1. The van der Waals surface area contributed by atoms with Gasteiger partial charge in [-0.3, -0.25) is 5.43 Å². The van der Waals surface area contributed by atoms with Gasteiger partial charge in [0.05, 0.1) is 25.6 Å². The SMILES string of the molecule is COc1cccc(C=NNc2nc(C)cs2)c1OCCC(C)C. The number of hydrogen-bond donors (Lipinski definition) is 1. The van der Waals surface area contributed by atoms with Crippen LogP contribution in [0, 0.1) is 12.8 Å². The number of benzene rings is 1. The van der Waals surface area contributed by atoms with Crippen LogP contribution in [0.1, 0.15) is 31.5 Å². The van der Waals surface area contributed by atoms with Crippen LogP contribution in [0.25, 0.3) is 0 Å². The van der Waals surface area contributed by atoms with Gasteiger partial charge in [0.2, 0.25) is 5.13 Å². The fourth-order valence-electron chi connectivity index (χ4n) is 1.91. The van der Waals surface area contributed by atoms with Gasteiger partial charge in [-0.1, -0.05) is 19.9 Å². The van der Waals surface area contributed by atoms with Gasteiger partial charge in [-0.05, 0) is 31.4 Å². The fraction of sp³-hybridized carbons (Fsp3) is 0.412. The topological polar surface area (TPSA) is 55.7 Å². The minimum Gasteiger partial charge on any atom is -0.493 e. The lowest BCUT2D eigenvalue weighted by atomic mass is 10.1. The van der Waals surface area contributed by atoms with E-state index in [4.69, 9.17) is 9.47 Å². The highest BCUT2D eigenvalue weighted by Crippen LogP contribution is 2.30. The van der Waals surface area contributed by atoms with Crippen molar-refractivity contribution < 1.29 is 9.47 Å². The van der Waals surface area contributed by atoms with Crippen LogP contribution in [-0.2, 0) is 0 Å². The second-order valence-corrected chi connectivity index (χ2v) is 6.43. The third kappa shape index (κ3) is 5.25. The number of nitrogens with one attached hydrogen (secondary N) is 1. The molecule has 0 aliphatic rings. The van der Waals surface area contributed by atoms with E-state index < -0.39 is 0 Å². The van der Waals surface area contributed by atoms with Crippen LogP contribution in [0.15, 0.2) is 28.7 Å². The lowest BCUT2D eigenvalue weighted by Crippen LogP contribution is -2.05. The van der Waals surface area contributed by atoms with E-state index >= 15 is 0 Å². The standard InChI is InChI=1S/C17H23N3O2S/c1-12(2)8-9-22-16-14(6-5-7-15(16)21-4)10-18-20-17-19-13(3)11-23-17/h5-7,10-12H,8-9H2,1-4H3,(H,19,20). The molecule has 0 saturated heterocycles. The van der Waals surface area contributed by atoms with Crippen molar-refractivity contribution in [2.75, 3.05) is 19.1 Å². The summed E-state index contributed by atoms with van der Waals surface area (Å²) in [5, 5.41) is 6.99. The van der Waals surface area contributed by atoms with Crippen molar-refractivity contribution in [1.29, 1.82) is 0 Å². The normalized spacial score (nSPS) is 11.2. The van der Waals surface area contributed by atoms with E-state index in [0.717, 1.165) is 28.6 Å². The molecular weight excluding hydrogens is 310 g/mol. The Bertz CT molecular complexity index is 653. The molecule has 0 atom stereocenters. The van der Waals surface area contributed by atoms with Crippen LogP contribution in [0.4, 0.5) is 5.13 Å². The smallest absolute Gasteiger partial charge is 0.203 e. The lowest BCUT2D eigenvalue weighted by Gasteiger charge is -2.14. The molecule has 0 fully saturated rings. The Morgan fingerprint density at radius 3 is 2.87 bits per heavy atom. The van der Waals surface area contributed by atoms with Crippen molar-refractivity contribution in [3.05, 3.63) is 34.8 Å². The van der Waals surface area contributed by atoms with Gasteiger partial charge in [0, 0.05) is 10.9 Å². The van der Waals surface area contributed by atoms with Gasteiger partial charge in [-0.15, -0.1) is 11.3 Å². The van der Waals surface area contributed by atoms with E-state index in [2.05, 4.69) is 29.4 Å². The Labute approximate surface area is 141 Å². The minimum absolute atomic E-state index is 0.594. The van der Waals surface area contributed by atoms with E-state index in [-0.39, 0.29) is 0 Å². The van der Waals surface area contributed by atoms with Crippen LogP contribution >= 0.6 is 11.3 Å². The van der Waals surface area contributed by atoms with Gasteiger partial charge >= 0.3 is 0 Å². The third-order valence-electron chi connectivity index (χ3n) is 3.15. The molecule has 1 N–H and O–H groups in total. The maximum Gasteiger partial charge on any atom is 0.203 e. The van der Waals surface area contributed by atoms with E-state index in [1.54, 1.807) is 13.3 Å². The Hall–Kier alpha value is -2.08. The number of ether oxygens (including phenoxy) is 2. The summed E-state index contributed by atoms with van der Waals surface area (Å²) in [5.41, 5.74) is 4.78. The number of thiazole rings is 1. The summed E-state index contributed by atoms with van der Waals surface area (Å²) in [4.78, 5) is 4.30. The first-order valence-corrected chi connectivity index (χ1v) is 8.49. The van der Waals surface area contributed by atoms with Gasteiger partial charge in [-0.25, -0.2) is 4.98 Å². The number of hydrazone groups is 1. The molecule has 124 valence electrons. The average molecular weight is 333 g/mol. The van der Waals surface area contributed by atoms with Gasteiger partial charge in [0.15, 0.2) is 11.5 Å². The van der Waals surface area contributed by atoms with E-state index in [9.17, 15) is 0 Å². The first kappa shape index (κ1) is 17.3. The Kier molecular flexibility index (Phi) is 6.40. The molecule has 0 aliphatic carbocycles. The summed E-state index contributed by atoms with van der Waals surface area (Å²) >= 11 is 1.52. The van der Waals surface area contributed by atoms with Crippen molar-refractivity contribution in [2.45, 2.75) is 27.2 Å². The highest BCUT2D eigenvalue weighted by Gasteiger charge is 2.09. The summed E-state index contributed by atoms with van der Waals surface area (Å²) in [6.07, 6.45) is 2.72. The number of aryl methyl sites for hydroxylation is 1. The van der Waals surface area contributed by atoms with Crippen molar-refractivity contribution in [3.8, 4) is 11.5 Å². The maximum absolute atomic E-state index is 5.92. The third-order valence-corrected chi connectivity index (χ3v) is 4.02. The molecular formula is C17H23N3O2S. The Morgan fingerprint density at radius 1 is 1.39 bits per heavy atom. The molecule has 1 aromatic carbocycles. The Morgan fingerprint density at radius 2 is 2.22 bits per heavy atom. The van der Waals surface area contributed by atoms with E-state index in [1.165, 1.54) is 11.3 Å². The number of para-hydroxylation sites is 1. The zero-order valence-electron chi connectivity index (χ0n) is 14.0. The molecule has 0 spiro atoms. The first-order chi connectivity index (χ1) is 11.1. The van der Waals surface area contributed by atoms with Crippen LogP contribution in [-0.4, -0.2) is 24.9 Å². The molecule has 0 aliphatic heterocycles. The van der Waals surface area contributed by atoms with Crippen molar-refractivity contribution in [3.63, 3.8) is 0 Å². The molecule has 0 bridgehead atoms. The molecule has 0 radical (unpaired) electrons. The van der Waals surface area contributed by atoms with Crippen molar-refractivity contribution >= 4 is 22.7 Å². The molecule has 2 rings (SSSR count). The molecule has 5 nitrogen and oxygen atoms in total. The minimum atomic E-state index is 0.594. The number of hydrogen-bond acceptors (Lipinski definition) is 6. The van der Waals surface area contributed by atoms with Crippen LogP contribution < -0.4 is 14.9 Å². The molecule has 1 heterocycles. The van der Waals surface area contributed by atoms with Gasteiger partial charge in [0.1, 0.15) is 0 Å². The summed E-state index contributed by atoms with van der Waals surface area (Å²) in [6, 6.07) is 5.76. The second kappa shape index (κ2) is 8.53. The summed E-state index contributed by atoms with van der Waals surface area (Å²) in [5.74, 6) is 2.02. The summed E-state index contributed by atoms with van der Waals surface area (Å²) < 4.78 is 11.3. The number of rotatable bonds is 8. The molecule has 0 unspecified atom stereocenters. The molecule has 2 aromatic rings. The first-order valence-electron chi connectivity index (χ1n) is 7.61. The van der Waals surface area contributed by atoms with Gasteiger partial charge in [0.25, 0.3) is 0 Å². The monoisotopic (exact) mass is 333 g/mol. The van der Waals surface area contributed by atoms with Crippen LogP contribution in [0.5, 0.6) is 11.5 Å². The predicted octanol–water partition coefficient (Wildman–Crippen LogP) is 4.33. The van der Waals surface area contributed by atoms with Gasteiger partial charge < -0.3 is 9.47 Å². The van der Waals surface area contributed by atoms with Crippen LogP contribution in [0.2, 0.25) is 0 Å². The van der Waals surface area contributed by atoms with E-state index in [1.807, 2.05) is 30.5 Å². The Balaban J connectivity index is 2.09. The number of anilines is 1. The lowest BCUT2D eigenvalue weighted by molar-refractivity contribution is 0.272. The van der Waals surface area contributed by atoms with Crippen LogP contribution in [0.3, 0.4) is 0 Å². The molecule has 1 aromatic heterocycles. The number of nitrogens with zero attached hydrogens (tertiary/aromatic N) is 2. The fourth-order valence-corrected chi connectivity index (χ4v) is 2.55. The molecule has 0 saturated carbocycles. The second-order valence-electron chi connectivity index (χ2n) is 5.57. The van der Waals surface area contributed by atoms with Crippen molar-refractivity contribution in [1.82, 2.24) is 4.98 Å². The number of aromatic nitrogens is 1. The molecule has 6 heteroatoms. The maximum atomic E-state index is 5.92. The quantitative estimate of drug-likeness (QED) is 0.577.